The van der Waals surface area contributed by atoms with Crippen LogP contribution in [0.1, 0.15) is 25.0 Å². The molecule has 1 aliphatic rings. The first-order chi connectivity index (χ1) is 34.0. The van der Waals surface area contributed by atoms with Gasteiger partial charge in [-0.2, -0.15) is 0 Å². The van der Waals surface area contributed by atoms with Crippen molar-refractivity contribution in [3.05, 3.63) is 266 Å². The molecule has 0 bridgehead atoms. The lowest BCUT2D eigenvalue weighted by Gasteiger charge is -2.29. The third-order valence-corrected chi connectivity index (χ3v) is 14.6. The minimum absolute atomic E-state index is 0.273. The lowest BCUT2D eigenvalue weighted by Crippen LogP contribution is -2.17. The van der Waals surface area contributed by atoms with Crippen LogP contribution in [0.2, 0.25) is 0 Å². The Morgan fingerprint density at radius 1 is 0.319 bits per heavy atom. The Labute approximate surface area is 403 Å². The summed E-state index contributed by atoms with van der Waals surface area (Å²) in [6.45, 7) is 4.80. The molecule has 69 heavy (non-hydrogen) atoms. The van der Waals surface area contributed by atoms with Crippen molar-refractivity contribution in [1.29, 1.82) is 0 Å². The maximum atomic E-state index is 2.47. The Morgan fingerprint density at radius 2 is 0.826 bits per heavy atom. The van der Waals surface area contributed by atoms with Gasteiger partial charge in [0.15, 0.2) is 0 Å². The minimum Gasteiger partial charge on any atom is -0.310 e. The monoisotopic (exact) mass is 880 g/mol. The zero-order chi connectivity index (χ0) is 46.1. The molecule has 2 nitrogen and oxygen atoms in total. The quantitative estimate of drug-likeness (QED) is 0.148. The molecule has 0 saturated heterocycles. The zero-order valence-electron chi connectivity index (χ0n) is 38.6. The summed E-state index contributed by atoms with van der Waals surface area (Å²) in [6, 6.07) is 93.6. The number of fused-ring (bicyclic) bond motifs is 8. The molecule has 13 rings (SSSR count). The average molecular weight is 881 g/mol. The first-order valence-electron chi connectivity index (χ1n) is 24.0. The van der Waals surface area contributed by atoms with Crippen LogP contribution < -0.4 is 4.90 Å². The number of hydrogen-bond acceptors (Lipinski definition) is 1. The second kappa shape index (κ2) is 16.3. The Bertz CT molecular complexity index is 3900. The van der Waals surface area contributed by atoms with E-state index >= 15 is 0 Å². The Hall–Kier alpha value is -8.72. The van der Waals surface area contributed by atoms with Gasteiger partial charge in [0.2, 0.25) is 0 Å². The third kappa shape index (κ3) is 6.71. The van der Waals surface area contributed by atoms with Crippen molar-refractivity contribution >= 4 is 49.6 Å². The normalized spacial score (nSPS) is 12.6. The number of nitrogens with zero attached hydrogens (tertiary/aromatic N) is 2. The first-order valence-corrected chi connectivity index (χ1v) is 24.0. The second-order valence-electron chi connectivity index (χ2n) is 18.9. The summed E-state index contributed by atoms with van der Waals surface area (Å²) in [4.78, 5) is 2.45. The highest BCUT2D eigenvalue weighted by Gasteiger charge is 2.37. The Kier molecular flexibility index (Phi) is 9.55. The van der Waals surface area contributed by atoms with Crippen molar-refractivity contribution in [2.75, 3.05) is 4.90 Å². The van der Waals surface area contributed by atoms with Gasteiger partial charge in [0.25, 0.3) is 0 Å². The molecule has 326 valence electrons. The molecule has 1 heterocycles. The van der Waals surface area contributed by atoms with Crippen molar-refractivity contribution < 1.29 is 0 Å². The molecule has 0 spiro atoms. The fraction of sp³-hybridized carbons (Fsp3) is 0.0448. The van der Waals surface area contributed by atoms with Crippen LogP contribution in [0, 0.1) is 0 Å². The number of anilines is 3. The van der Waals surface area contributed by atoms with E-state index in [1.807, 2.05) is 0 Å². The molecule has 0 aliphatic heterocycles. The van der Waals surface area contributed by atoms with Crippen molar-refractivity contribution in [3.8, 4) is 61.3 Å². The van der Waals surface area contributed by atoms with E-state index in [9.17, 15) is 0 Å². The van der Waals surface area contributed by atoms with Gasteiger partial charge < -0.3 is 9.47 Å². The fourth-order valence-corrected chi connectivity index (χ4v) is 11.2. The SMILES string of the molecule is CC1(C)c2cc(N(c3ccc(-c4ccccc4)cc3)c3ccc(-c4ccccc4-c4ccccc4)c(-c4ccccc4)c3)ccc2-c2ccc(-n3c4ccccc4c4c5ccccc5ccc43)cc21. The molecule has 0 saturated carbocycles. The molecular formula is C67H48N2. The van der Waals surface area contributed by atoms with Gasteiger partial charge in [0, 0.05) is 38.9 Å². The van der Waals surface area contributed by atoms with Crippen LogP contribution in [0.3, 0.4) is 0 Å². The minimum atomic E-state index is -0.273. The molecular weight excluding hydrogens is 833 g/mol. The van der Waals surface area contributed by atoms with Crippen LogP contribution in [-0.2, 0) is 5.41 Å². The van der Waals surface area contributed by atoms with Gasteiger partial charge in [-0.3, -0.25) is 0 Å². The predicted molar refractivity (Wildman–Crippen MR) is 292 cm³/mol. The Balaban J connectivity index is 0.963. The molecule has 11 aromatic carbocycles. The summed E-state index contributed by atoms with van der Waals surface area (Å²) >= 11 is 0. The largest absolute Gasteiger partial charge is 0.310 e. The molecule has 0 radical (unpaired) electrons. The van der Waals surface area contributed by atoms with E-state index in [1.165, 1.54) is 105 Å². The molecule has 1 aromatic heterocycles. The summed E-state index contributed by atoms with van der Waals surface area (Å²) < 4.78 is 2.47. The van der Waals surface area contributed by atoms with Crippen molar-refractivity contribution in [2.24, 2.45) is 0 Å². The summed E-state index contributed by atoms with van der Waals surface area (Å²) in [5.41, 5.74) is 21.5. The van der Waals surface area contributed by atoms with E-state index in [2.05, 4.69) is 278 Å². The van der Waals surface area contributed by atoms with Gasteiger partial charge in [-0.15, -0.1) is 0 Å². The maximum absolute atomic E-state index is 2.47. The molecule has 0 unspecified atom stereocenters. The highest BCUT2D eigenvalue weighted by molar-refractivity contribution is 6.21. The third-order valence-electron chi connectivity index (χ3n) is 14.6. The van der Waals surface area contributed by atoms with Gasteiger partial charge in [-0.05, 0) is 138 Å². The summed E-state index contributed by atoms with van der Waals surface area (Å²) in [5.74, 6) is 0. The molecule has 12 aromatic rings. The molecule has 0 N–H and O–H groups in total. The van der Waals surface area contributed by atoms with Crippen molar-refractivity contribution in [3.63, 3.8) is 0 Å². The zero-order valence-corrected chi connectivity index (χ0v) is 38.6. The topological polar surface area (TPSA) is 8.17 Å². The van der Waals surface area contributed by atoms with Crippen LogP contribution in [0.15, 0.2) is 255 Å². The standard InChI is InChI=1S/C67H48N2/c1-67(2)62-43-52(36-39-58(62)59-40-37-53(44-63(59)67)69-64-29-17-16-28-60(64)66-55-26-13-12-24-49(55)32-41-65(66)69)68(50-33-30-46(31-34-50)45-18-6-3-7-19-45)51-35-38-57(61(42-51)48-22-10-5-11-23-48)56-27-15-14-25-54(56)47-20-8-4-9-21-47/h3-44H,1-2H3. The summed E-state index contributed by atoms with van der Waals surface area (Å²) in [6.07, 6.45) is 0. The van der Waals surface area contributed by atoms with Crippen LogP contribution in [0.25, 0.3) is 93.9 Å². The Morgan fingerprint density at radius 3 is 1.55 bits per heavy atom. The van der Waals surface area contributed by atoms with E-state index in [-0.39, 0.29) is 5.41 Å². The number of aromatic nitrogens is 1. The highest BCUT2D eigenvalue weighted by Crippen LogP contribution is 2.52. The van der Waals surface area contributed by atoms with Gasteiger partial charge >= 0.3 is 0 Å². The van der Waals surface area contributed by atoms with Crippen molar-refractivity contribution in [2.45, 2.75) is 19.3 Å². The smallest absolute Gasteiger partial charge is 0.0547 e. The van der Waals surface area contributed by atoms with E-state index in [0.717, 1.165) is 17.1 Å². The molecule has 1 aliphatic carbocycles. The molecule has 2 heteroatoms. The maximum Gasteiger partial charge on any atom is 0.0547 e. The number of para-hydroxylation sites is 1. The molecule has 0 atom stereocenters. The second-order valence-corrected chi connectivity index (χ2v) is 18.9. The fourth-order valence-electron chi connectivity index (χ4n) is 11.2. The van der Waals surface area contributed by atoms with E-state index < -0.39 is 0 Å². The van der Waals surface area contributed by atoms with E-state index in [0.29, 0.717) is 0 Å². The first kappa shape index (κ1) is 40.5. The van der Waals surface area contributed by atoms with Crippen LogP contribution in [0.4, 0.5) is 17.1 Å². The van der Waals surface area contributed by atoms with Gasteiger partial charge in [-0.1, -0.05) is 208 Å². The predicted octanol–water partition coefficient (Wildman–Crippen LogP) is 18.4. The van der Waals surface area contributed by atoms with Crippen LogP contribution >= 0.6 is 0 Å². The number of benzene rings is 11. The van der Waals surface area contributed by atoms with Gasteiger partial charge in [0.1, 0.15) is 0 Å². The van der Waals surface area contributed by atoms with Gasteiger partial charge in [0.05, 0.1) is 11.0 Å². The van der Waals surface area contributed by atoms with Crippen LogP contribution in [0.5, 0.6) is 0 Å². The number of hydrogen-bond donors (Lipinski definition) is 0. The van der Waals surface area contributed by atoms with Gasteiger partial charge in [-0.25, -0.2) is 0 Å². The molecule has 0 amide bonds. The molecule has 0 fully saturated rings. The van der Waals surface area contributed by atoms with Crippen LogP contribution in [-0.4, -0.2) is 4.57 Å². The summed E-state index contributed by atoms with van der Waals surface area (Å²) in [5, 5.41) is 5.12. The van der Waals surface area contributed by atoms with E-state index in [1.54, 1.807) is 0 Å². The highest BCUT2D eigenvalue weighted by atomic mass is 15.1. The summed E-state index contributed by atoms with van der Waals surface area (Å²) in [7, 11) is 0. The average Bonchev–Trinajstić information content (AvgIpc) is 3.87. The lowest BCUT2D eigenvalue weighted by atomic mass is 9.82. The lowest BCUT2D eigenvalue weighted by molar-refractivity contribution is 0.660. The van der Waals surface area contributed by atoms with Crippen molar-refractivity contribution in [1.82, 2.24) is 4.57 Å². The number of rotatable bonds is 8. The van der Waals surface area contributed by atoms with E-state index in [4.69, 9.17) is 0 Å².